The summed E-state index contributed by atoms with van der Waals surface area (Å²) >= 11 is 0. The molecule has 2 heteroatoms. The summed E-state index contributed by atoms with van der Waals surface area (Å²) in [5, 5.41) is 9.45. The molecule has 1 atom stereocenters. The van der Waals surface area contributed by atoms with E-state index in [1.807, 2.05) is 13.0 Å². The predicted molar refractivity (Wildman–Crippen MR) is 131 cm³/mol. The summed E-state index contributed by atoms with van der Waals surface area (Å²) in [5.74, 6) is -0.107. The van der Waals surface area contributed by atoms with Crippen molar-refractivity contribution in [2.24, 2.45) is 5.92 Å². The number of hydrogen-bond acceptors (Lipinski definition) is 1. The first-order chi connectivity index (χ1) is 14.6. The van der Waals surface area contributed by atoms with Gasteiger partial charge < -0.3 is 5.11 Å². The quantitative estimate of drug-likeness (QED) is 0.228. The summed E-state index contributed by atoms with van der Waals surface area (Å²) < 4.78 is 0. The molecule has 0 saturated heterocycles. The Kier molecular flexibility index (Phi) is 15.5. The van der Waals surface area contributed by atoms with Gasteiger partial charge in [-0.05, 0) is 36.5 Å². The molecule has 0 radical (unpaired) electrons. The van der Waals surface area contributed by atoms with Crippen molar-refractivity contribution in [1.82, 2.24) is 0 Å². The average molecular weight is 417 g/mol. The van der Waals surface area contributed by atoms with E-state index in [1.54, 1.807) is 6.07 Å². The van der Waals surface area contributed by atoms with Crippen molar-refractivity contribution < 1.29 is 9.90 Å². The molecule has 1 aromatic carbocycles. The standard InChI is InChI=1S/C28H48O2/c1-4-6-8-10-12-13-15-17-20-25(19-16-14-11-9-7-5-2)23-26-21-18-22-27(24(26)3)28(29)30/h18,21-22,25H,4-17,19-20,23H2,1-3H3,(H,29,30). The Morgan fingerprint density at radius 2 is 1.23 bits per heavy atom. The van der Waals surface area contributed by atoms with Crippen molar-refractivity contribution in [1.29, 1.82) is 0 Å². The second-order valence-corrected chi connectivity index (χ2v) is 9.28. The Morgan fingerprint density at radius 3 is 1.70 bits per heavy atom. The van der Waals surface area contributed by atoms with Crippen LogP contribution in [0.25, 0.3) is 0 Å². The SMILES string of the molecule is CCCCCCCCCCC(CCCCCCCC)Cc1cccc(C(=O)O)c1C. The maximum atomic E-state index is 11.5. The summed E-state index contributed by atoms with van der Waals surface area (Å²) in [4.78, 5) is 11.5. The zero-order chi connectivity index (χ0) is 22.0. The number of rotatable bonds is 19. The number of aromatic carboxylic acids is 1. The normalized spacial score (nSPS) is 12.2. The fourth-order valence-corrected chi connectivity index (χ4v) is 4.58. The van der Waals surface area contributed by atoms with Crippen molar-refractivity contribution in [3.05, 3.63) is 34.9 Å². The molecule has 2 nitrogen and oxygen atoms in total. The van der Waals surface area contributed by atoms with Crippen LogP contribution in [0.2, 0.25) is 0 Å². The van der Waals surface area contributed by atoms with E-state index < -0.39 is 5.97 Å². The van der Waals surface area contributed by atoms with Crippen LogP contribution < -0.4 is 0 Å². The van der Waals surface area contributed by atoms with Crippen LogP contribution in [0.3, 0.4) is 0 Å². The van der Waals surface area contributed by atoms with Crippen LogP contribution in [0.1, 0.15) is 138 Å². The van der Waals surface area contributed by atoms with Crippen molar-refractivity contribution >= 4 is 5.97 Å². The first-order valence-corrected chi connectivity index (χ1v) is 12.9. The second kappa shape index (κ2) is 17.4. The number of benzene rings is 1. The van der Waals surface area contributed by atoms with Gasteiger partial charge in [0.2, 0.25) is 0 Å². The van der Waals surface area contributed by atoms with E-state index in [4.69, 9.17) is 0 Å². The van der Waals surface area contributed by atoms with Crippen molar-refractivity contribution in [3.63, 3.8) is 0 Å². The Balaban J connectivity index is 2.50. The molecule has 0 saturated carbocycles. The number of carboxylic acid groups (broad SMARTS) is 1. The van der Waals surface area contributed by atoms with Gasteiger partial charge in [-0.2, -0.15) is 0 Å². The summed E-state index contributed by atoms with van der Waals surface area (Å²) in [6, 6.07) is 5.80. The van der Waals surface area contributed by atoms with Gasteiger partial charge in [0.05, 0.1) is 5.56 Å². The lowest BCUT2D eigenvalue weighted by atomic mass is 9.86. The van der Waals surface area contributed by atoms with Crippen LogP contribution in [0, 0.1) is 12.8 Å². The van der Waals surface area contributed by atoms with Gasteiger partial charge >= 0.3 is 5.97 Å². The molecule has 30 heavy (non-hydrogen) atoms. The van der Waals surface area contributed by atoms with E-state index in [-0.39, 0.29) is 0 Å². The number of carbonyl (C=O) groups is 1. The largest absolute Gasteiger partial charge is 0.478 e. The predicted octanol–water partition coefficient (Wildman–Crippen LogP) is 9.13. The molecule has 0 heterocycles. The van der Waals surface area contributed by atoms with E-state index in [0.717, 1.165) is 12.0 Å². The summed E-state index contributed by atoms with van der Waals surface area (Å²) in [6.07, 6.45) is 22.7. The molecule has 172 valence electrons. The van der Waals surface area contributed by atoms with E-state index in [0.29, 0.717) is 11.5 Å². The molecule has 0 aromatic heterocycles. The topological polar surface area (TPSA) is 37.3 Å². The van der Waals surface area contributed by atoms with Crippen LogP contribution in [0.5, 0.6) is 0 Å². The average Bonchev–Trinajstić information content (AvgIpc) is 2.73. The van der Waals surface area contributed by atoms with Gasteiger partial charge in [0, 0.05) is 0 Å². The second-order valence-electron chi connectivity index (χ2n) is 9.28. The van der Waals surface area contributed by atoms with Crippen LogP contribution in [0.4, 0.5) is 0 Å². The van der Waals surface area contributed by atoms with Gasteiger partial charge in [-0.15, -0.1) is 0 Å². The maximum Gasteiger partial charge on any atom is 0.335 e. The number of hydrogen-bond donors (Lipinski definition) is 1. The third-order valence-electron chi connectivity index (χ3n) is 6.62. The molecule has 0 amide bonds. The highest BCUT2D eigenvalue weighted by molar-refractivity contribution is 5.89. The third kappa shape index (κ3) is 11.8. The highest BCUT2D eigenvalue weighted by atomic mass is 16.4. The summed E-state index contributed by atoms with van der Waals surface area (Å²) in [5.41, 5.74) is 2.68. The van der Waals surface area contributed by atoms with E-state index >= 15 is 0 Å². The summed E-state index contributed by atoms with van der Waals surface area (Å²) in [7, 11) is 0. The lowest BCUT2D eigenvalue weighted by Crippen LogP contribution is -2.09. The Labute approximate surface area is 186 Å². The molecular formula is C28H48O2. The highest BCUT2D eigenvalue weighted by Gasteiger charge is 2.15. The third-order valence-corrected chi connectivity index (χ3v) is 6.62. The molecule has 1 rings (SSSR count). The fraction of sp³-hybridized carbons (Fsp3) is 0.750. The van der Waals surface area contributed by atoms with E-state index in [9.17, 15) is 9.90 Å². The molecule has 1 N–H and O–H groups in total. The van der Waals surface area contributed by atoms with Gasteiger partial charge in [-0.3, -0.25) is 0 Å². The molecule has 0 spiro atoms. The Bertz CT molecular complexity index is 564. The van der Waals surface area contributed by atoms with E-state index in [1.165, 1.54) is 108 Å². The molecule has 0 aliphatic carbocycles. The fourth-order valence-electron chi connectivity index (χ4n) is 4.58. The molecule has 1 aromatic rings. The van der Waals surface area contributed by atoms with Gasteiger partial charge in [-0.25, -0.2) is 4.79 Å². The smallest absolute Gasteiger partial charge is 0.335 e. The zero-order valence-corrected chi connectivity index (χ0v) is 20.2. The Morgan fingerprint density at radius 1 is 0.767 bits per heavy atom. The molecule has 0 fully saturated rings. The summed E-state index contributed by atoms with van der Waals surface area (Å²) in [6.45, 7) is 6.53. The van der Waals surface area contributed by atoms with Gasteiger partial charge in [-0.1, -0.05) is 129 Å². The van der Waals surface area contributed by atoms with Crippen LogP contribution in [-0.4, -0.2) is 11.1 Å². The number of unbranched alkanes of at least 4 members (excludes halogenated alkanes) is 12. The lowest BCUT2D eigenvalue weighted by Gasteiger charge is -2.19. The van der Waals surface area contributed by atoms with Crippen molar-refractivity contribution in [2.75, 3.05) is 0 Å². The van der Waals surface area contributed by atoms with Gasteiger partial charge in [0.25, 0.3) is 0 Å². The maximum absolute atomic E-state index is 11.5. The molecular weight excluding hydrogens is 368 g/mol. The lowest BCUT2D eigenvalue weighted by molar-refractivity contribution is 0.0696. The van der Waals surface area contributed by atoms with Crippen molar-refractivity contribution in [2.45, 2.75) is 130 Å². The molecule has 0 aliphatic heterocycles. The van der Waals surface area contributed by atoms with Gasteiger partial charge in [0.1, 0.15) is 0 Å². The van der Waals surface area contributed by atoms with E-state index in [2.05, 4.69) is 19.9 Å². The monoisotopic (exact) mass is 416 g/mol. The molecule has 0 aliphatic rings. The van der Waals surface area contributed by atoms with Crippen LogP contribution in [-0.2, 0) is 6.42 Å². The minimum absolute atomic E-state index is 0.470. The first kappa shape index (κ1) is 26.7. The number of carboxylic acids is 1. The first-order valence-electron chi connectivity index (χ1n) is 12.9. The highest BCUT2D eigenvalue weighted by Crippen LogP contribution is 2.26. The van der Waals surface area contributed by atoms with Crippen molar-refractivity contribution in [3.8, 4) is 0 Å². The zero-order valence-electron chi connectivity index (χ0n) is 20.2. The molecule has 1 unspecified atom stereocenters. The van der Waals surface area contributed by atoms with Crippen LogP contribution in [0.15, 0.2) is 18.2 Å². The minimum atomic E-state index is -0.801. The molecule has 0 bridgehead atoms. The Hall–Kier alpha value is -1.31. The van der Waals surface area contributed by atoms with Crippen LogP contribution >= 0.6 is 0 Å². The van der Waals surface area contributed by atoms with Gasteiger partial charge in [0.15, 0.2) is 0 Å². The minimum Gasteiger partial charge on any atom is -0.478 e.